The highest BCUT2D eigenvalue weighted by Gasteiger charge is 2.30. The smallest absolute Gasteiger partial charge is 0.255 e. The van der Waals surface area contributed by atoms with E-state index in [1.165, 1.54) is 28.6 Å². The van der Waals surface area contributed by atoms with Crippen LogP contribution in [0.25, 0.3) is 0 Å². The van der Waals surface area contributed by atoms with E-state index in [1.54, 1.807) is 24.3 Å². The van der Waals surface area contributed by atoms with Gasteiger partial charge in [-0.05, 0) is 55.3 Å². The van der Waals surface area contributed by atoms with Gasteiger partial charge < -0.3 is 5.32 Å². The summed E-state index contributed by atoms with van der Waals surface area (Å²) in [5, 5.41) is 2.72. The fourth-order valence-electron chi connectivity index (χ4n) is 4.00. The average Bonchev–Trinajstić information content (AvgIpc) is 2.98. The molecule has 0 aromatic heterocycles. The molecule has 2 aliphatic heterocycles. The monoisotopic (exact) mass is 455 g/mol. The molecule has 0 spiro atoms. The number of nitrogens with one attached hydrogen (secondary N) is 1. The average molecular weight is 456 g/mol. The predicted octanol–water partition coefficient (Wildman–Crippen LogP) is 3.16. The maximum Gasteiger partial charge on any atom is 0.255 e. The summed E-state index contributed by atoms with van der Waals surface area (Å²) < 4.78 is 27.6. The molecule has 1 N–H and O–H groups in total. The number of sulfonamides is 1. The van der Waals surface area contributed by atoms with Gasteiger partial charge in [-0.3, -0.25) is 19.3 Å². The molecule has 3 amide bonds. The van der Waals surface area contributed by atoms with Gasteiger partial charge in [0.05, 0.1) is 10.6 Å². The summed E-state index contributed by atoms with van der Waals surface area (Å²) in [6.07, 6.45) is 4.14. The number of anilines is 2. The lowest BCUT2D eigenvalue weighted by atomic mass is 10.1. The molecule has 4 rings (SSSR count). The Morgan fingerprint density at radius 2 is 1.47 bits per heavy atom. The van der Waals surface area contributed by atoms with Gasteiger partial charge in [0.1, 0.15) is 0 Å². The van der Waals surface area contributed by atoms with Crippen LogP contribution in [0.2, 0.25) is 0 Å². The number of amides is 3. The van der Waals surface area contributed by atoms with Gasteiger partial charge in [0.2, 0.25) is 21.8 Å². The Morgan fingerprint density at radius 1 is 0.844 bits per heavy atom. The molecule has 2 aromatic rings. The Hall–Kier alpha value is -3.04. The minimum Gasteiger partial charge on any atom is -0.322 e. The Labute approximate surface area is 187 Å². The normalized spacial score (nSPS) is 17.9. The minimum atomic E-state index is -3.62. The molecular weight excluding hydrogens is 430 g/mol. The first-order chi connectivity index (χ1) is 15.4. The van der Waals surface area contributed by atoms with Crippen molar-refractivity contribution in [2.45, 2.75) is 43.4 Å². The SMILES string of the molecule is O=C(Nc1cccc(S(=O)(=O)N2CCCCCC2)c1)c1ccc(N2C(=O)CCC2=O)cc1. The number of imide groups is 1. The summed E-state index contributed by atoms with van der Waals surface area (Å²) in [6.45, 7) is 1.01. The second kappa shape index (κ2) is 9.22. The highest BCUT2D eigenvalue weighted by molar-refractivity contribution is 7.89. The highest BCUT2D eigenvalue weighted by atomic mass is 32.2. The summed E-state index contributed by atoms with van der Waals surface area (Å²) >= 11 is 0. The molecule has 0 radical (unpaired) electrons. The number of hydrogen-bond acceptors (Lipinski definition) is 5. The van der Waals surface area contributed by atoms with E-state index >= 15 is 0 Å². The van der Waals surface area contributed by atoms with Crippen LogP contribution in [0.15, 0.2) is 53.4 Å². The third-order valence-electron chi connectivity index (χ3n) is 5.73. The zero-order chi connectivity index (χ0) is 22.7. The van der Waals surface area contributed by atoms with Crippen molar-refractivity contribution in [3.05, 3.63) is 54.1 Å². The molecule has 2 heterocycles. The number of hydrogen-bond donors (Lipinski definition) is 1. The summed E-state index contributed by atoms with van der Waals surface area (Å²) in [4.78, 5) is 37.7. The first-order valence-corrected chi connectivity index (χ1v) is 12.2. The highest BCUT2D eigenvalue weighted by Crippen LogP contribution is 2.25. The molecule has 0 unspecified atom stereocenters. The lowest BCUT2D eigenvalue weighted by Crippen LogP contribution is -2.32. The van der Waals surface area contributed by atoms with Crippen molar-refractivity contribution < 1.29 is 22.8 Å². The van der Waals surface area contributed by atoms with Gasteiger partial charge in [-0.2, -0.15) is 4.31 Å². The van der Waals surface area contributed by atoms with Gasteiger partial charge in [0.15, 0.2) is 0 Å². The van der Waals surface area contributed by atoms with Crippen LogP contribution < -0.4 is 10.2 Å². The van der Waals surface area contributed by atoms with Crippen LogP contribution in [0, 0.1) is 0 Å². The quantitative estimate of drug-likeness (QED) is 0.698. The number of carbonyl (C=O) groups is 3. The van der Waals surface area contributed by atoms with E-state index in [4.69, 9.17) is 0 Å². The molecule has 0 aliphatic carbocycles. The summed E-state index contributed by atoms with van der Waals surface area (Å²) in [5.74, 6) is -0.927. The number of nitrogens with zero attached hydrogens (tertiary/aromatic N) is 2. The molecule has 0 saturated carbocycles. The standard InChI is InChI=1S/C23H25N3O5S/c27-21-12-13-22(28)26(21)19-10-8-17(9-11-19)23(29)24-18-6-5-7-20(16-18)32(30,31)25-14-3-1-2-4-15-25/h5-11,16H,1-4,12-15H2,(H,24,29). The zero-order valence-corrected chi connectivity index (χ0v) is 18.4. The van der Waals surface area contributed by atoms with E-state index in [1.807, 2.05) is 0 Å². The van der Waals surface area contributed by atoms with E-state index in [2.05, 4.69) is 5.32 Å². The molecular formula is C23H25N3O5S. The van der Waals surface area contributed by atoms with Crippen LogP contribution in [0.3, 0.4) is 0 Å². The van der Waals surface area contributed by atoms with Crippen LogP contribution in [0.5, 0.6) is 0 Å². The summed E-state index contributed by atoms with van der Waals surface area (Å²) in [6, 6.07) is 12.4. The Balaban J connectivity index is 1.48. The van der Waals surface area contributed by atoms with Crippen molar-refractivity contribution >= 4 is 39.1 Å². The third-order valence-corrected chi connectivity index (χ3v) is 7.63. The van der Waals surface area contributed by atoms with E-state index in [-0.39, 0.29) is 29.6 Å². The Kier molecular flexibility index (Phi) is 6.38. The fourth-order valence-corrected chi connectivity index (χ4v) is 5.56. The van der Waals surface area contributed by atoms with Gasteiger partial charge in [-0.15, -0.1) is 0 Å². The molecule has 2 fully saturated rings. The molecule has 0 bridgehead atoms. The Bertz CT molecular complexity index is 1120. The first-order valence-electron chi connectivity index (χ1n) is 10.7. The zero-order valence-electron chi connectivity index (χ0n) is 17.6. The van der Waals surface area contributed by atoms with Crippen molar-refractivity contribution in [2.75, 3.05) is 23.3 Å². The minimum absolute atomic E-state index is 0.151. The fraction of sp³-hybridized carbons (Fsp3) is 0.348. The second-order valence-corrected chi connectivity index (χ2v) is 9.91. The second-order valence-electron chi connectivity index (χ2n) is 7.97. The maximum atomic E-state index is 13.0. The van der Waals surface area contributed by atoms with Crippen LogP contribution >= 0.6 is 0 Å². The third kappa shape index (κ3) is 4.58. The topological polar surface area (TPSA) is 104 Å². The van der Waals surface area contributed by atoms with E-state index in [0.29, 0.717) is 30.0 Å². The molecule has 2 saturated heterocycles. The van der Waals surface area contributed by atoms with Crippen molar-refractivity contribution in [1.29, 1.82) is 0 Å². The first kappa shape index (κ1) is 22.2. The van der Waals surface area contributed by atoms with Gasteiger partial charge in [-0.25, -0.2) is 8.42 Å². The van der Waals surface area contributed by atoms with Gasteiger partial charge in [0, 0.05) is 37.2 Å². The van der Waals surface area contributed by atoms with E-state index in [9.17, 15) is 22.8 Å². The van der Waals surface area contributed by atoms with Crippen LogP contribution in [0.1, 0.15) is 48.9 Å². The van der Waals surface area contributed by atoms with E-state index in [0.717, 1.165) is 30.6 Å². The maximum absolute atomic E-state index is 13.0. The molecule has 2 aliphatic rings. The van der Waals surface area contributed by atoms with Gasteiger partial charge >= 0.3 is 0 Å². The van der Waals surface area contributed by atoms with Crippen molar-refractivity contribution in [1.82, 2.24) is 4.31 Å². The Morgan fingerprint density at radius 3 is 2.09 bits per heavy atom. The largest absolute Gasteiger partial charge is 0.322 e. The summed E-state index contributed by atoms with van der Waals surface area (Å²) in [5.41, 5.74) is 1.13. The van der Waals surface area contributed by atoms with Gasteiger partial charge in [-0.1, -0.05) is 18.9 Å². The molecule has 32 heavy (non-hydrogen) atoms. The molecule has 9 heteroatoms. The van der Waals surface area contributed by atoms with Crippen LogP contribution in [-0.4, -0.2) is 43.5 Å². The number of benzene rings is 2. The number of rotatable bonds is 5. The molecule has 168 valence electrons. The predicted molar refractivity (Wildman–Crippen MR) is 120 cm³/mol. The van der Waals surface area contributed by atoms with Crippen molar-refractivity contribution in [3.63, 3.8) is 0 Å². The van der Waals surface area contributed by atoms with Gasteiger partial charge in [0.25, 0.3) is 5.91 Å². The molecule has 8 nitrogen and oxygen atoms in total. The van der Waals surface area contributed by atoms with Crippen LogP contribution in [-0.2, 0) is 19.6 Å². The molecule has 2 aromatic carbocycles. The summed E-state index contributed by atoms with van der Waals surface area (Å²) in [7, 11) is -3.62. The lowest BCUT2D eigenvalue weighted by molar-refractivity contribution is -0.121. The lowest BCUT2D eigenvalue weighted by Gasteiger charge is -2.20. The number of carbonyl (C=O) groups excluding carboxylic acids is 3. The van der Waals surface area contributed by atoms with E-state index < -0.39 is 15.9 Å². The van der Waals surface area contributed by atoms with Crippen molar-refractivity contribution in [2.24, 2.45) is 0 Å². The van der Waals surface area contributed by atoms with Crippen molar-refractivity contribution in [3.8, 4) is 0 Å². The molecule has 0 atom stereocenters. The van der Waals surface area contributed by atoms with Crippen LogP contribution in [0.4, 0.5) is 11.4 Å².